The first kappa shape index (κ1) is 11.0. The molecular formula is C13H17NO2. The van der Waals surface area contributed by atoms with Crippen molar-refractivity contribution in [3.63, 3.8) is 0 Å². The van der Waals surface area contributed by atoms with E-state index in [9.17, 15) is 4.79 Å². The van der Waals surface area contributed by atoms with E-state index in [0.29, 0.717) is 12.3 Å². The van der Waals surface area contributed by atoms with E-state index in [1.54, 1.807) is 7.11 Å². The van der Waals surface area contributed by atoms with Crippen molar-refractivity contribution in [3.05, 3.63) is 29.8 Å². The lowest BCUT2D eigenvalue weighted by atomic mass is 9.98. The molecule has 1 aromatic carbocycles. The number of likely N-dealkylation sites (N-methyl/N-ethyl adjacent to an activating group) is 1. The molecule has 1 aliphatic rings. The summed E-state index contributed by atoms with van der Waals surface area (Å²) in [7, 11) is 1.66. The maximum Gasteiger partial charge on any atom is 0.223 e. The summed E-state index contributed by atoms with van der Waals surface area (Å²) in [4.78, 5) is 13.5. The summed E-state index contributed by atoms with van der Waals surface area (Å²) in [6.07, 6.45) is 0.639. The maximum atomic E-state index is 11.6. The third kappa shape index (κ3) is 2.03. The Morgan fingerprint density at radius 2 is 2.06 bits per heavy atom. The van der Waals surface area contributed by atoms with Crippen LogP contribution in [0.5, 0.6) is 5.75 Å². The fraction of sp³-hybridized carbons (Fsp3) is 0.462. The van der Waals surface area contributed by atoms with Gasteiger partial charge in [-0.2, -0.15) is 0 Å². The first-order valence-electron chi connectivity index (χ1n) is 5.66. The molecule has 1 atom stereocenters. The zero-order valence-corrected chi connectivity index (χ0v) is 9.77. The molecule has 3 nitrogen and oxygen atoms in total. The number of hydrogen-bond donors (Lipinski definition) is 0. The number of benzene rings is 1. The van der Waals surface area contributed by atoms with Gasteiger partial charge in [0.05, 0.1) is 7.11 Å². The SMILES string of the molecule is CCN1CC(c2ccc(OC)cc2)CC1=O. The lowest BCUT2D eigenvalue weighted by molar-refractivity contribution is -0.127. The van der Waals surface area contributed by atoms with Gasteiger partial charge in [-0.15, -0.1) is 0 Å². The number of likely N-dealkylation sites (tertiary alicyclic amines) is 1. The summed E-state index contributed by atoms with van der Waals surface area (Å²) < 4.78 is 5.12. The number of ether oxygens (including phenoxy) is 1. The molecule has 3 heteroatoms. The van der Waals surface area contributed by atoms with Crippen LogP contribution in [-0.2, 0) is 4.79 Å². The minimum absolute atomic E-state index is 0.267. The van der Waals surface area contributed by atoms with E-state index in [-0.39, 0.29) is 5.91 Å². The highest BCUT2D eigenvalue weighted by molar-refractivity contribution is 5.79. The number of amides is 1. The van der Waals surface area contributed by atoms with Gasteiger partial charge in [-0.3, -0.25) is 4.79 Å². The van der Waals surface area contributed by atoms with E-state index in [4.69, 9.17) is 4.74 Å². The molecule has 0 spiro atoms. The Morgan fingerprint density at radius 1 is 1.38 bits per heavy atom. The Morgan fingerprint density at radius 3 is 2.56 bits per heavy atom. The maximum absolute atomic E-state index is 11.6. The van der Waals surface area contributed by atoms with Crippen molar-refractivity contribution in [2.45, 2.75) is 19.3 Å². The second kappa shape index (κ2) is 4.56. The average molecular weight is 219 g/mol. The van der Waals surface area contributed by atoms with E-state index in [1.807, 2.05) is 24.0 Å². The van der Waals surface area contributed by atoms with Crippen LogP contribution in [0.15, 0.2) is 24.3 Å². The Labute approximate surface area is 96.0 Å². The minimum atomic E-state index is 0.267. The van der Waals surface area contributed by atoms with Gasteiger partial charge in [0.15, 0.2) is 0 Å². The highest BCUT2D eigenvalue weighted by atomic mass is 16.5. The van der Waals surface area contributed by atoms with Gasteiger partial charge in [-0.05, 0) is 24.6 Å². The Bertz CT molecular complexity index is 372. The number of rotatable bonds is 3. The number of nitrogens with zero attached hydrogens (tertiary/aromatic N) is 1. The van der Waals surface area contributed by atoms with Crippen LogP contribution >= 0.6 is 0 Å². The lowest BCUT2D eigenvalue weighted by Gasteiger charge is -2.13. The quantitative estimate of drug-likeness (QED) is 0.778. The number of hydrogen-bond acceptors (Lipinski definition) is 2. The molecule has 16 heavy (non-hydrogen) atoms. The number of methoxy groups -OCH3 is 1. The van der Waals surface area contributed by atoms with Crippen LogP contribution in [0.25, 0.3) is 0 Å². The summed E-state index contributed by atoms with van der Waals surface area (Å²) in [5, 5.41) is 0. The van der Waals surface area contributed by atoms with Crippen molar-refractivity contribution in [2.24, 2.45) is 0 Å². The molecule has 1 fully saturated rings. The molecule has 0 radical (unpaired) electrons. The smallest absolute Gasteiger partial charge is 0.223 e. The monoisotopic (exact) mass is 219 g/mol. The molecule has 0 aliphatic carbocycles. The zero-order valence-electron chi connectivity index (χ0n) is 9.77. The van der Waals surface area contributed by atoms with Gasteiger partial charge >= 0.3 is 0 Å². The zero-order chi connectivity index (χ0) is 11.5. The second-order valence-electron chi connectivity index (χ2n) is 4.11. The predicted octanol–water partition coefficient (Wildman–Crippen LogP) is 2.03. The summed E-state index contributed by atoms with van der Waals surface area (Å²) in [5.41, 5.74) is 1.23. The van der Waals surface area contributed by atoms with E-state index in [0.717, 1.165) is 18.8 Å². The molecule has 2 rings (SSSR count). The van der Waals surface area contributed by atoms with Gasteiger partial charge in [0.25, 0.3) is 0 Å². The van der Waals surface area contributed by atoms with Crippen molar-refractivity contribution in [1.82, 2.24) is 4.90 Å². The molecule has 0 N–H and O–H groups in total. The number of carbonyl (C=O) groups is 1. The molecule has 1 saturated heterocycles. The molecule has 0 aromatic heterocycles. The molecule has 1 aliphatic heterocycles. The van der Waals surface area contributed by atoms with E-state index in [1.165, 1.54) is 5.56 Å². The van der Waals surface area contributed by atoms with Gasteiger partial charge < -0.3 is 9.64 Å². The van der Waals surface area contributed by atoms with Crippen molar-refractivity contribution in [1.29, 1.82) is 0 Å². The Balaban J connectivity index is 2.11. The summed E-state index contributed by atoms with van der Waals surface area (Å²) >= 11 is 0. The third-order valence-corrected chi connectivity index (χ3v) is 3.18. The van der Waals surface area contributed by atoms with Gasteiger partial charge in [-0.1, -0.05) is 12.1 Å². The molecule has 1 unspecified atom stereocenters. The second-order valence-corrected chi connectivity index (χ2v) is 4.11. The average Bonchev–Trinajstić information content (AvgIpc) is 2.71. The fourth-order valence-corrected chi connectivity index (χ4v) is 2.18. The predicted molar refractivity (Wildman–Crippen MR) is 62.6 cm³/mol. The standard InChI is InChI=1S/C13H17NO2/c1-3-14-9-11(8-13(14)15)10-4-6-12(16-2)7-5-10/h4-7,11H,3,8-9H2,1-2H3. The van der Waals surface area contributed by atoms with Crippen molar-refractivity contribution >= 4 is 5.91 Å². The molecule has 1 heterocycles. The Hall–Kier alpha value is -1.51. The minimum Gasteiger partial charge on any atom is -0.497 e. The third-order valence-electron chi connectivity index (χ3n) is 3.18. The highest BCUT2D eigenvalue weighted by Crippen LogP contribution is 2.28. The molecule has 86 valence electrons. The molecule has 0 saturated carbocycles. The van der Waals surface area contributed by atoms with Crippen molar-refractivity contribution in [3.8, 4) is 5.75 Å². The lowest BCUT2D eigenvalue weighted by Crippen LogP contribution is -2.24. The molecule has 0 bridgehead atoms. The summed E-state index contributed by atoms with van der Waals surface area (Å²) in [6.45, 7) is 3.68. The van der Waals surface area contributed by atoms with Gasteiger partial charge in [-0.25, -0.2) is 0 Å². The van der Waals surface area contributed by atoms with E-state index in [2.05, 4.69) is 12.1 Å². The van der Waals surface area contributed by atoms with Crippen LogP contribution in [0.2, 0.25) is 0 Å². The first-order chi connectivity index (χ1) is 7.74. The van der Waals surface area contributed by atoms with Gasteiger partial charge in [0, 0.05) is 25.4 Å². The van der Waals surface area contributed by atoms with Gasteiger partial charge in [0.2, 0.25) is 5.91 Å². The largest absolute Gasteiger partial charge is 0.497 e. The number of carbonyl (C=O) groups excluding carboxylic acids is 1. The summed E-state index contributed by atoms with van der Waals surface area (Å²) in [5.74, 6) is 1.47. The Kier molecular flexibility index (Phi) is 3.13. The van der Waals surface area contributed by atoms with Gasteiger partial charge in [0.1, 0.15) is 5.75 Å². The van der Waals surface area contributed by atoms with Crippen molar-refractivity contribution in [2.75, 3.05) is 20.2 Å². The van der Waals surface area contributed by atoms with Crippen LogP contribution < -0.4 is 4.74 Å². The van der Waals surface area contributed by atoms with Crippen LogP contribution in [0.1, 0.15) is 24.8 Å². The van der Waals surface area contributed by atoms with Crippen LogP contribution in [-0.4, -0.2) is 31.0 Å². The molecule has 1 amide bonds. The molecular weight excluding hydrogens is 202 g/mol. The normalized spacial score (nSPS) is 20.2. The van der Waals surface area contributed by atoms with Crippen molar-refractivity contribution < 1.29 is 9.53 Å². The van der Waals surface area contributed by atoms with Crippen LogP contribution in [0, 0.1) is 0 Å². The topological polar surface area (TPSA) is 29.5 Å². The molecule has 1 aromatic rings. The van der Waals surface area contributed by atoms with Crippen LogP contribution in [0.3, 0.4) is 0 Å². The first-order valence-corrected chi connectivity index (χ1v) is 5.66. The van der Waals surface area contributed by atoms with Crippen LogP contribution in [0.4, 0.5) is 0 Å². The summed E-state index contributed by atoms with van der Waals surface area (Å²) in [6, 6.07) is 8.01. The fourth-order valence-electron chi connectivity index (χ4n) is 2.18. The van der Waals surface area contributed by atoms with E-state index >= 15 is 0 Å². The highest BCUT2D eigenvalue weighted by Gasteiger charge is 2.29. The van der Waals surface area contributed by atoms with E-state index < -0.39 is 0 Å².